The van der Waals surface area contributed by atoms with Gasteiger partial charge in [0.25, 0.3) is 0 Å². The van der Waals surface area contributed by atoms with Crippen molar-refractivity contribution in [2.75, 3.05) is 6.54 Å². The number of rotatable bonds is 6. The van der Waals surface area contributed by atoms with Crippen LogP contribution in [0.2, 0.25) is 0 Å². The van der Waals surface area contributed by atoms with Crippen molar-refractivity contribution in [1.82, 2.24) is 4.90 Å². The fourth-order valence-electron chi connectivity index (χ4n) is 3.40. The molecule has 1 aliphatic rings. The van der Waals surface area contributed by atoms with E-state index in [1.807, 2.05) is 11.3 Å². The van der Waals surface area contributed by atoms with E-state index in [1.165, 1.54) is 37.0 Å². The Balaban J connectivity index is 2.19. The fraction of sp³-hybridized carbons (Fsp3) is 0.750. The van der Waals surface area contributed by atoms with E-state index in [0.717, 1.165) is 19.0 Å². The summed E-state index contributed by atoms with van der Waals surface area (Å²) >= 11 is 1.86. The maximum atomic E-state index is 6.46. The summed E-state index contributed by atoms with van der Waals surface area (Å²) in [6.07, 6.45) is 7.95. The van der Waals surface area contributed by atoms with E-state index in [9.17, 15) is 0 Å². The van der Waals surface area contributed by atoms with E-state index in [4.69, 9.17) is 5.73 Å². The van der Waals surface area contributed by atoms with E-state index in [1.54, 1.807) is 0 Å². The number of hydrogen-bond acceptors (Lipinski definition) is 3. The van der Waals surface area contributed by atoms with Gasteiger partial charge in [-0.15, -0.1) is 11.3 Å². The molecule has 1 aromatic rings. The third-order valence-corrected chi connectivity index (χ3v) is 5.42. The van der Waals surface area contributed by atoms with Crippen LogP contribution in [0.1, 0.15) is 63.3 Å². The summed E-state index contributed by atoms with van der Waals surface area (Å²) in [5.74, 6) is 0. The van der Waals surface area contributed by atoms with Gasteiger partial charge in [0, 0.05) is 17.0 Å². The number of nitrogens with two attached hydrogens (primary N) is 1. The molecule has 1 saturated carbocycles. The first kappa shape index (κ1) is 15.0. The van der Waals surface area contributed by atoms with Crippen molar-refractivity contribution in [1.29, 1.82) is 0 Å². The van der Waals surface area contributed by atoms with E-state index in [-0.39, 0.29) is 6.04 Å². The average molecular weight is 280 g/mol. The Kier molecular flexibility index (Phi) is 5.86. The second kappa shape index (κ2) is 7.41. The Morgan fingerprint density at radius 3 is 2.58 bits per heavy atom. The maximum Gasteiger partial charge on any atom is 0.0595 e. The lowest BCUT2D eigenvalue weighted by atomic mass is 9.91. The summed E-state index contributed by atoms with van der Waals surface area (Å²) in [5.41, 5.74) is 6.46. The SMILES string of the molecule is CCC(N)C(c1cccs1)N(CC)C1CCCCC1. The van der Waals surface area contributed by atoms with Crippen LogP contribution in [0, 0.1) is 0 Å². The highest BCUT2D eigenvalue weighted by Crippen LogP contribution is 2.34. The van der Waals surface area contributed by atoms with Gasteiger partial charge in [-0.1, -0.05) is 39.2 Å². The molecule has 3 heteroatoms. The highest BCUT2D eigenvalue weighted by atomic mass is 32.1. The molecule has 0 amide bonds. The molecule has 1 aliphatic carbocycles. The van der Waals surface area contributed by atoms with Crippen molar-refractivity contribution < 1.29 is 0 Å². The average Bonchev–Trinajstić information content (AvgIpc) is 2.98. The Hall–Kier alpha value is -0.380. The monoisotopic (exact) mass is 280 g/mol. The van der Waals surface area contributed by atoms with Crippen LogP contribution in [0.3, 0.4) is 0 Å². The molecule has 2 N–H and O–H groups in total. The van der Waals surface area contributed by atoms with Gasteiger partial charge in [0.2, 0.25) is 0 Å². The molecule has 0 spiro atoms. The van der Waals surface area contributed by atoms with E-state index >= 15 is 0 Å². The molecule has 0 aliphatic heterocycles. The topological polar surface area (TPSA) is 29.3 Å². The third kappa shape index (κ3) is 3.59. The predicted molar refractivity (Wildman–Crippen MR) is 84.6 cm³/mol. The van der Waals surface area contributed by atoms with Crippen LogP contribution < -0.4 is 5.73 Å². The van der Waals surface area contributed by atoms with Gasteiger partial charge in [0.1, 0.15) is 0 Å². The summed E-state index contributed by atoms with van der Waals surface area (Å²) in [4.78, 5) is 4.13. The molecule has 19 heavy (non-hydrogen) atoms. The highest BCUT2D eigenvalue weighted by molar-refractivity contribution is 7.10. The minimum absolute atomic E-state index is 0.250. The fourth-order valence-corrected chi connectivity index (χ4v) is 4.32. The molecule has 1 fully saturated rings. The molecule has 0 aromatic carbocycles. The second-order valence-corrected chi connectivity index (χ2v) is 6.63. The second-order valence-electron chi connectivity index (χ2n) is 5.65. The Bertz CT molecular complexity index is 344. The van der Waals surface area contributed by atoms with Gasteiger partial charge >= 0.3 is 0 Å². The predicted octanol–water partition coefficient (Wildman–Crippen LogP) is 4.18. The molecule has 2 rings (SSSR count). The number of hydrogen-bond donors (Lipinski definition) is 1. The third-order valence-electron chi connectivity index (χ3n) is 4.48. The van der Waals surface area contributed by atoms with E-state index in [0.29, 0.717) is 6.04 Å². The first-order valence-electron chi connectivity index (χ1n) is 7.82. The van der Waals surface area contributed by atoms with Crippen LogP contribution in [-0.4, -0.2) is 23.5 Å². The first-order chi connectivity index (χ1) is 9.27. The summed E-state index contributed by atoms with van der Waals surface area (Å²) in [7, 11) is 0. The Morgan fingerprint density at radius 1 is 1.32 bits per heavy atom. The van der Waals surface area contributed by atoms with Crippen LogP contribution in [-0.2, 0) is 0 Å². The van der Waals surface area contributed by atoms with Crippen molar-refractivity contribution in [2.45, 2.75) is 70.5 Å². The van der Waals surface area contributed by atoms with Crippen LogP contribution in [0.25, 0.3) is 0 Å². The molecule has 0 saturated heterocycles. The van der Waals surface area contributed by atoms with Crippen LogP contribution in [0.5, 0.6) is 0 Å². The summed E-state index contributed by atoms with van der Waals surface area (Å²) < 4.78 is 0. The lowest BCUT2D eigenvalue weighted by molar-refractivity contribution is 0.0951. The van der Waals surface area contributed by atoms with Crippen molar-refractivity contribution in [3.8, 4) is 0 Å². The highest BCUT2D eigenvalue weighted by Gasteiger charge is 2.31. The number of nitrogens with zero attached hydrogens (tertiary/aromatic N) is 1. The van der Waals surface area contributed by atoms with Gasteiger partial charge in [-0.25, -0.2) is 0 Å². The van der Waals surface area contributed by atoms with Gasteiger partial charge < -0.3 is 5.73 Å². The molecule has 2 nitrogen and oxygen atoms in total. The molecule has 0 bridgehead atoms. The standard InChI is InChI=1S/C16H28N2S/c1-3-14(17)16(15-11-8-12-19-15)18(4-2)13-9-6-5-7-10-13/h8,11-14,16H,3-7,9-10,17H2,1-2H3. The molecule has 108 valence electrons. The van der Waals surface area contributed by atoms with Crippen LogP contribution >= 0.6 is 11.3 Å². The van der Waals surface area contributed by atoms with Crippen molar-refractivity contribution in [3.05, 3.63) is 22.4 Å². The van der Waals surface area contributed by atoms with E-state index < -0.39 is 0 Å². The van der Waals surface area contributed by atoms with Gasteiger partial charge in [0.15, 0.2) is 0 Å². The van der Waals surface area contributed by atoms with Gasteiger partial charge in [-0.05, 0) is 37.3 Å². The molecule has 1 aromatic heterocycles. The zero-order valence-electron chi connectivity index (χ0n) is 12.3. The minimum Gasteiger partial charge on any atom is -0.326 e. The normalized spacial score (nSPS) is 20.6. The lowest BCUT2D eigenvalue weighted by Crippen LogP contribution is -2.46. The van der Waals surface area contributed by atoms with Crippen LogP contribution in [0.15, 0.2) is 17.5 Å². The largest absolute Gasteiger partial charge is 0.326 e. The zero-order valence-corrected chi connectivity index (χ0v) is 13.2. The van der Waals surface area contributed by atoms with Gasteiger partial charge in [-0.2, -0.15) is 0 Å². The zero-order chi connectivity index (χ0) is 13.7. The first-order valence-corrected chi connectivity index (χ1v) is 8.70. The Morgan fingerprint density at radius 2 is 2.05 bits per heavy atom. The maximum absolute atomic E-state index is 6.46. The number of likely N-dealkylation sites (N-methyl/N-ethyl adjacent to an activating group) is 1. The van der Waals surface area contributed by atoms with Gasteiger partial charge in [0.05, 0.1) is 6.04 Å². The molecule has 2 unspecified atom stereocenters. The smallest absolute Gasteiger partial charge is 0.0595 e. The van der Waals surface area contributed by atoms with Crippen molar-refractivity contribution in [3.63, 3.8) is 0 Å². The summed E-state index contributed by atoms with van der Waals surface area (Å²) in [6.45, 7) is 5.61. The van der Waals surface area contributed by atoms with Crippen LogP contribution in [0.4, 0.5) is 0 Å². The molecule has 2 atom stereocenters. The van der Waals surface area contributed by atoms with Gasteiger partial charge in [-0.3, -0.25) is 4.90 Å². The van der Waals surface area contributed by atoms with Crippen molar-refractivity contribution >= 4 is 11.3 Å². The lowest BCUT2D eigenvalue weighted by Gasteiger charge is -2.41. The summed E-state index contributed by atoms with van der Waals surface area (Å²) in [6, 6.07) is 5.82. The van der Waals surface area contributed by atoms with Crippen molar-refractivity contribution in [2.24, 2.45) is 5.73 Å². The molecular weight excluding hydrogens is 252 g/mol. The number of thiophene rings is 1. The molecule has 1 heterocycles. The molecule has 0 radical (unpaired) electrons. The quantitative estimate of drug-likeness (QED) is 0.847. The van der Waals surface area contributed by atoms with E-state index in [2.05, 4.69) is 36.3 Å². The minimum atomic E-state index is 0.250. The summed E-state index contributed by atoms with van der Waals surface area (Å²) in [5, 5.41) is 2.18. The Labute approximate surface area is 122 Å². The molecular formula is C16H28N2S.